The van der Waals surface area contributed by atoms with Crippen LogP contribution in [0.15, 0.2) is 41.0 Å². The molecule has 2 aromatic rings. The van der Waals surface area contributed by atoms with Crippen LogP contribution in [0.25, 0.3) is 0 Å². The van der Waals surface area contributed by atoms with Gasteiger partial charge in [-0.1, -0.05) is 22.0 Å². The molecule has 0 radical (unpaired) electrons. The number of rotatable bonds is 3. The van der Waals surface area contributed by atoms with Gasteiger partial charge in [-0.15, -0.1) is 0 Å². The number of carbonyl (C=O) groups excluding carboxylic acids is 1. The summed E-state index contributed by atoms with van der Waals surface area (Å²) in [6.45, 7) is 1.64. The average molecular weight is 336 g/mol. The first-order chi connectivity index (χ1) is 9.47. The average Bonchev–Trinajstić information content (AvgIpc) is 2.40. The fourth-order valence-corrected chi connectivity index (χ4v) is 1.94. The van der Waals surface area contributed by atoms with Gasteiger partial charge in [-0.05, 0) is 25.1 Å². The predicted octanol–water partition coefficient (Wildman–Crippen LogP) is 3.31. The Morgan fingerprint density at radius 3 is 2.75 bits per heavy atom. The van der Waals surface area contributed by atoms with Crippen LogP contribution in [0.5, 0.6) is 0 Å². The highest BCUT2D eigenvalue weighted by Crippen LogP contribution is 2.22. The Balaban J connectivity index is 2.24. The Morgan fingerprint density at radius 1 is 1.35 bits per heavy atom. The van der Waals surface area contributed by atoms with Crippen LogP contribution in [0.4, 0.5) is 11.4 Å². The van der Waals surface area contributed by atoms with Crippen molar-refractivity contribution in [3.63, 3.8) is 0 Å². The Labute approximate surface area is 123 Å². The fourth-order valence-electron chi connectivity index (χ4n) is 1.61. The van der Waals surface area contributed by atoms with E-state index in [0.29, 0.717) is 11.3 Å². The molecule has 1 aromatic carbocycles. The molecule has 6 nitrogen and oxygen atoms in total. The maximum atomic E-state index is 12.0. The second-order valence-electron chi connectivity index (χ2n) is 4.07. The van der Waals surface area contributed by atoms with Crippen LogP contribution in [-0.2, 0) is 0 Å². The van der Waals surface area contributed by atoms with Crippen LogP contribution in [0.2, 0.25) is 0 Å². The van der Waals surface area contributed by atoms with Crippen molar-refractivity contribution >= 4 is 33.2 Å². The summed E-state index contributed by atoms with van der Waals surface area (Å²) < 4.78 is 0.729. The Hall–Kier alpha value is -2.28. The molecule has 0 unspecified atom stereocenters. The van der Waals surface area contributed by atoms with Crippen molar-refractivity contribution in [3.8, 4) is 0 Å². The van der Waals surface area contributed by atoms with Crippen molar-refractivity contribution in [2.75, 3.05) is 5.32 Å². The van der Waals surface area contributed by atoms with Crippen molar-refractivity contribution < 1.29 is 9.72 Å². The summed E-state index contributed by atoms with van der Waals surface area (Å²) in [6.07, 6.45) is 1.50. The Bertz CT molecular complexity index is 688. The highest BCUT2D eigenvalue weighted by atomic mass is 79.9. The second kappa shape index (κ2) is 5.79. The molecule has 0 spiro atoms. The smallest absolute Gasteiger partial charge is 0.274 e. The van der Waals surface area contributed by atoms with Crippen LogP contribution in [0.1, 0.15) is 16.1 Å². The third-order valence-corrected chi connectivity index (χ3v) is 3.11. The number of pyridine rings is 1. The van der Waals surface area contributed by atoms with Gasteiger partial charge in [0.15, 0.2) is 0 Å². The van der Waals surface area contributed by atoms with E-state index in [1.807, 2.05) is 0 Å². The summed E-state index contributed by atoms with van der Waals surface area (Å²) in [5.41, 5.74) is 1.08. The largest absolute Gasteiger partial charge is 0.320 e. The first-order valence-corrected chi connectivity index (χ1v) is 6.44. The van der Waals surface area contributed by atoms with Gasteiger partial charge in [-0.25, -0.2) is 0 Å². The number of aryl methyl sites for hydroxylation is 1. The zero-order chi connectivity index (χ0) is 14.7. The second-order valence-corrected chi connectivity index (χ2v) is 4.99. The number of aromatic nitrogens is 1. The number of nitro groups is 1. The number of halogens is 1. The lowest BCUT2D eigenvalue weighted by Gasteiger charge is -2.06. The van der Waals surface area contributed by atoms with Crippen molar-refractivity contribution in [2.45, 2.75) is 6.92 Å². The quantitative estimate of drug-likeness (QED) is 0.688. The van der Waals surface area contributed by atoms with E-state index in [2.05, 4.69) is 26.2 Å². The van der Waals surface area contributed by atoms with Gasteiger partial charge >= 0.3 is 0 Å². The van der Waals surface area contributed by atoms with Gasteiger partial charge in [-0.2, -0.15) is 0 Å². The number of nitrogens with zero attached hydrogens (tertiary/aromatic N) is 2. The number of nitrogens with one attached hydrogen (secondary N) is 1. The highest BCUT2D eigenvalue weighted by molar-refractivity contribution is 9.10. The Kier molecular flexibility index (Phi) is 4.09. The molecular weight excluding hydrogens is 326 g/mol. The maximum absolute atomic E-state index is 12.0. The molecule has 0 saturated heterocycles. The van der Waals surface area contributed by atoms with E-state index >= 15 is 0 Å². The molecule has 2 rings (SSSR count). The minimum Gasteiger partial charge on any atom is -0.320 e. The van der Waals surface area contributed by atoms with Crippen molar-refractivity contribution in [1.82, 2.24) is 4.98 Å². The summed E-state index contributed by atoms with van der Waals surface area (Å²) in [4.78, 5) is 26.3. The molecule has 0 fully saturated rings. The first kappa shape index (κ1) is 14.1. The van der Waals surface area contributed by atoms with Crippen molar-refractivity contribution in [1.29, 1.82) is 0 Å². The number of anilines is 1. The number of hydrogen-bond donors (Lipinski definition) is 1. The van der Waals surface area contributed by atoms with Crippen molar-refractivity contribution in [2.24, 2.45) is 0 Å². The number of nitro benzene ring substituents is 1. The maximum Gasteiger partial charge on any atom is 0.274 e. The molecule has 1 amide bonds. The highest BCUT2D eigenvalue weighted by Gasteiger charge is 2.13. The zero-order valence-corrected chi connectivity index (χ0v) is 12.0. The normalized spacial score (nSPS) is 10.1. The molecule has 0 aliphatic carbocycles. The van der Waals surface area contributed by atoms with E-state index in [1.54, 1.807) is 31.2 Å². The van der Waals surface area contributed by atoms with Gasteiger partial charge in [0.2, 0.25) is 0 Å². The number of amides is 1. The van der Waals surface area contributed by atoms with Gasteiger partial charge in [0.05, 0.1) is 4.92 Å². The summed E-state index contributed by atoms with van der Waals surface area (Å²) in [6, 6.07) is 7.79. The van der Waals surface area contributed by atoms with Crippen LogP contribution in [0.3, 0.4) is 0 Å². The molecule has 20 heavy (non-hydrogen) atoms. The lowest BCUT2D eigenvalue weighted by atomic mass is 10.2. The van der Waals surface area contributed by atoms with E-state index in [0.717, 1.165) is 4.47 Å². The molecular formula is C13H10BrN3O3. The molecule has 1 aromatic heterocycles. The molecule has 0 aliphatic heterocycles. The lowest BCUT2D eigenvalue weighted by molar-refractivity contribution is -0.385. The van der Waals surface area contributed by atoms with E-state index in [9.17, 15) is 14.9 Å². The topological polar surface area (TPSA) is 85.1 Å². The summed E-state index contributed by atoms with van der Waals surface area (Å²) in [5.74, 6) is -0.426. The third-order valence-electron chi connectivity index (χ3n) is 2.62. The van der Waals surface area contributed by atoms with Gasteiger partial charge in [0.25, 0.3) is 11.6 Å². The number of carbonyl (C=O) groups is 1. The SMILES string of the molecule is Cc1ccc(NC(=O)c2cc(Br)ccn2)cc1[N+](=O)[O-]. The molecule has 0 saturated carbocycles. The molecule has 0 atom stereocenters. The van der Waals surface area contributed by atoms with E-state index in [1.165, 1.54) is 12.3 Å². The summed E-state index contributed by atoms with van der Waals surface area (Å²) in [5, 5.41) is 13.4. The molecule has 0 aliphatic rings. The number of benzene rings is 1. The molecule has 1 heterocycles. The van der Waals surface area contributed by atoms with Crippen LogP contribution >= 0.6 is 15.9 Å². The van der Waals surface area contributed by atoms with Gasteiger partial charge in [0.1, 0.15) is 5.69 Å². The zero-order valence-electron chi connectivity index (χ0n) is 10.5. The van der Waals surface area contributed by atoms with E-state index < -0.39 is 10.8 Å². The minimum absolute atomic E-state index is 0.0370. The molecule has 7 heteroatoms. The van der Waals surface area contributed by atoms with Crippen LogP contribution in [0, 0.1) is 17.0 Å². The molecule has 1 N–H and O–H groups in total. The van der Waals surface area contributed by atoms with E-state index in [-0.39, 0.29) is 11.4 Å². The van der Waals surface area contributed by atoms with Gasteiger partial charge in [0, 0.05) is 28.0 Å². The minimum atomic E-state index is -0.484. The van der Waals surface area contributed by atoms with E-state index in [4.69, 9.17) is 0 Å². The van der Waals surface area contributed by atoms with Crippen LogP contribution < -0.4 is 5.32 Å². The number of hydrogen-bond acceptors (Lipinski definition) is 4. The standard InChI is InChI=1S/C13H10BrN3O3/c1-8-2-3-10(7-12(8)17(19)20)16-13(18)11-6-9(14)4-5-15-11/h2-7H,1H3,(H,16,18). The van der Waals surface area contributed by atoms with Crippen molar-refractivity contribution in [3.05, 3.63) is 62.4 Å². The molecule has 0 bridgehead atoms. The first-order valence-electron chi connectivity index (χ1n) is 5.65. The summed E-state index contributed by atoms with van der Waals surface area (Å²) in [7, 11) is 0. The fraction of sp³-hybridized carbons (Fsp3) is 0.0769. The Morgan fingerprint density at radius 2 is 2.10 bits per heavy atom. The third kappa shape index (κ3) is 3.18. The molecule has 102 valence electrons. The predicted molar refractivity (Wildman–Crippen MR) is 77.7 cm³/mol. The lowest BCUT2D eigenvalue weighted by Crippen LogP contribution is -2.13. The monoisotopic (exact) mass is 335 g/mol. The van der Waals surface area contributed by atoms with Gasteiger partial charge < -0.3 is 5.32 Å². The van der Waals surface area contributed by atoms with Gasteiger partial charge in [-0.3, -0.25) is 19.9 Å². The summed E-state index contributed by atoms with van der Waals surface area (Å²) >= 11 is 3.25. The van der Waals surface area contributed by atoms with Crippen LogP contribution in [-0.4, -0.2) is 15.8 Å².